The monoisotopic (exact) mass is 332 g/mol. The minimum atomic E-state index is -4.83. The Hall–Kier alpha value is -1.63. The number of hydrogen-bond donors (Lipinski definition) is 0. The Morgan fingerprint density at radius 2 is 2.00 bits per heavy atom. The fourth-order valence-corrected chi connectivity index (χ4v) is 3.44. The first-order valence-electron chi connectivity index (χ1n) is 6.71. The van der Waals surface area contributed by atoms with Crippen LogP contribution in [0, 0.1) is 10.8 Å². The molecule has 1 unspecified atom stereocenters. The van der Waals surface area contributed by atoms with Crippen molar-refractivity contribution < 1.29 is 18.0 Å². The highest BCUT2D eigenvalue weighted by Crippen LogP contribution is 2.59. The molecule has 0 aromatic heterocycles. The van der Waals surface area contributed by atoms with Gasteiger partial charge in [-0.1, -0.05) is 35.9 Å². The van der Waals surface area contributed by atoms with Crippen molar-refractivity contribution in [3.05, 3.63) is 40.3 Å². The molecule has 1 aromatic rings. The van der Waals surface area contributed by atoms with E-state index in [4.69, 9.17) is 11.6 Å². The van der Waals surface area contributed by atoms with Crippen molar-refractivity contribution in [3.63, 3.8) is 0 Å². The summed E-state index contributed by atoms with van der Waals surface area (Å²) in [5.41, 5.74) is 0.0349. The minimum absolute atomic E-state index is 0.0562. The van der Waals surface area contributed by atoms with Crippen LogP contribution in [-0.2, 0) is 10.2 Å². The second kappa shape index (κ2) is 4.94. The van der Waals surface area contributed by atoms with E-state index in [1.54, 1.807) is 24.3 Å². The number of hydrogen-bond acceptors (Lipinski definition) is 3. The van der Waals surface area contributed by atoms with Crippen LogP contribution >= 0.6 is 11.6 Å². The predicted octanol–water partition coefficient (Wildman–Crippen LogP) is 3.35. The van der Waals surface area contributed by atoms with Gasteiger partial charge in [-0.25, -0.2) is 0 Å². The Morgan fingerprint density at radius 3 is 2.55 bits per heavy atom. The minimum Gasteiger partial charge on any atom is -0.334 e. The van der Waals surface area contributed by atoms with Gasteiger partial charge in [-0.05, 0) is 28.6 Å². The van der Waals surface area contributed by atoms with Gasteiger partial charge in [0.2, 0.25) is 0 Å². The van der Waals surface area contributed by atoms with Gasteiger partial charge < -0.3 is 4.90 Å². The first-order chi connectivity index (χ1) is 10.3. The van der Waals surface area contributed by atoms with E-state index in [-0.39, 0.29) is 19.0 Å². The zero-order valence-corrected chi connectivity index (χ0v) is 12.1. The molecule has 3 atom stereocenters. The van der Waals surface area contributed by atoms with Gasteiger partial charge in [0.25, 0.3) is 0 Å². The lowest BCUT2D eigenvalue weighted by Crippen LogP contribution is -2.41. The highest BCUT2D eigenvalue weighted by molar-refractivity contribution is 6.20. The third kappa shape index (κ3) is 2.37. The molecule has 1 aromatic carbocycles. The molecule has 8 heteroatoms. The number of nitroso groups, excluding NO2 is 1. The van der Waals surface area contributed by atoms with Gasteiger partial charge in [0.05, 0.1) is 0 Å². The van der Waals surface area contributed by atoms with Crippen LogP contribution in [0.4, 0.5) is 13.2 Å². The Balaban J connectivity index is 1.77. The van der Waals surface area contributed by atoms with Gasteiger partial charge in [0.1, 0.15) is 0 Å². The molecule has 1 aliphatic carbocycles. The average molecular weight is 333 g/mol. The lowest BCUT2D eigenvalue weighted by atomic mass is 9.94. The number of likely N-dealkylation sites (tertiary alicyclic amines) is 1. The number of piperidine rings is 1. The van der Waals surface area contributed by atoms with Crippen LogP contribution in [0.25, 0.3) is 0 Å². The third-order valence-electron chi connectivity index (χ3n) is 4.53. The molecule has 1 saturated heterocycles. The van der Waals surface area contributed by atoms with E-state index in [9.17, 15) is 22.9 Å². The van der Waals surface area contributed by atoms with Crippen LogP contribution in [0.1, 0.15) is 23.0 Å². The number of amides is 1. The van der Waals surface area contributed by atoms with Crippen molar-refractivity contribution in [1.82, 2.24) is 4.90 Å². The highest BCUT2D eigenvalue weighted by Gasteiger charge is 2.63. The lowest BCUT2D eigenvalue weighted by Gasteiger charge is -2.22. The third-order valence-corrected chi connectivity index (χ3v) is 4.86. The van der Waals surface area contributed by atoms with Crippen molar-refractivity contribution in [2.24, 2.45) is 11.1 Å². The standard InChI is InChI=1S/C14H12ClF3N2O2/c15-11(19-22)8-1-3-9(4-2-8)13-5-10(13)6-20(7-13)12(21)14(16,17)18/h1-4,10-11H,5-7H2/t10-,11?,13+/m1/s1. The summed E-state index contributed by atoms with van der Waals surface area (Å²) in [6.45, 7) is 0.208. The number of nitrogens with zero attached hydrogens (tertiary/aromatic N) is 2. The number of rotatable bonds is 3. The van der Waals surface area contributed by atoms with E-state index in [1.807, 2.05) is 0 Å². The summed E-state index contributed by atoms with van der Waals surface area (Å²) in [6, 6.07) is 6.79. The van der Waals surface area contributed by atoms with Crippen LogP contribution in [0.5, 0.6) is 0 Å². The summed E-state index contributed by atoms with van der Waals surface area (Å²) in [5, 5.41) is 2.71. The van der Waals surface area contributed by atoms with E-state index in [0.717, 1.165) is 16.9 Å². The van der Waals surface area contributed by atoms with Gasteiger partial charge in [-0.3, -0.25) is 4.79 Å². The maximum atomic E-state index is 12.5. The molecule has 22 heavy (non-hydrogen) atoms. The van der Waals surface area contributed by atoms with Gasteiger partial charge in [-0.15, -0.1) is 4.91 Å². The SMILES string of the molecule is O=NC(Cl)c1ccc([C@@]23C[C@@H]2CN(C(=O)C(F)(F)F)C3)cc1. The van der Waals surface area contributed by atoms with Gasteiger partial charge >= 0.3 is 12.1 Å². The number of fused-ring (bicyclic) bond motifs is 1. The molecule has 3 rings (SSSR count). The molecule has 1 saturated carbocycles. The fourth-order valence-electron chi connectivity index (χ4n) is 3.30. The van der Waals surface area contributed by atoms with E-state index >= 15 is 0 Å². The first kappa shape index (κ1) is 15.3. The summed E-state index contributed by atoms with van der Waals surface area (Å²) < 4.78 is 37.5. The maximum absolute atomic E-state index is 12.5. The van der Waals surface area contributed by atoms with Crippen molar-refractivity contribution in [2.45, 2.75) is 23.5 Å². The predicted molar refractivity (Wildman–Crippen MR) is 73.3 cm³/mol. The summed E-state index contributed by atoms with van der Waals surface area (Å²) in [4.78, 5) is 22.6. The van der Waals surface area contributed by atoms with E-state index in [2.05, 4.69) is 5.18 Å². The molecule has 2 fully saturated rings. The zero-order valence-electron chi connectivity index (χ0n) is 11.3. The van der Waals surface area contributed by atoms with Gasteiger partial charge in [-0.2, -0.15) is 13.2 Å². The largest absolute Gasteiger partial charge is 0.471 e. The van der Waals surface area contributed by atoms with Gasteiger partial charge in [0.15, 0.2) is 5.50 Å². The molecule has 118 valence electrons. The quantitative estimate of drug-likeness (QED) is 0.484. The Bertz CT molecular complexity index is 620. The molecular formula is C14H12ClF3N2O2. The maximum Gasteiger partial charge on any atom is 0.471 e. The highest BCUT2D eigenvalue weighted by atomic mass is 35.5. The average Bonchev–Trinajstić information content (AvgIpc) is 3.07. The Morgan fingerprint density at radius 1 is 1.36 bits per heavy atom. The van der Waals surface area contributed by atoms with E-state index < -0.39 is 23.0 Å². The van der Waals surface area contributed by atoms with Crippen LogP contribution in [-0.4, -0.2) is 30.1 Å². The van der Waals surface area contributed by atoms with Crippen molar-refractivity contribution in [3.8, 4) is 0 Å². The summed E-state index contributed by atoms with van der Waals surface area (Å²) >= 11 is 5.71. The number of carbonyl (C=O) groups excluding carboxylic acids is 1. The summed E-state index contributed by atoms with van der Waals surface area (Å²) in [5.74, 6) is -1.72. The summed E-state index contributed by atoms with van der Waals surface area (Å²) in [7, 11) is 0. The van der Waals surface area contributed by atoms with Crippen LogP contribution < -0.4 is 0 Å². The number of carbonyl (C=O) groups is 1. The number of benzene rings is 1. The summed E-state index contributed by atoms with van der Waals surface area (Å²) in [6.07, 6.45) is -4.06. The second-order valence-corrected chi connectivity index (χ2v) is 6.22. The lowest BCUT2D eigenvalue weighted by molar-refractivity contribution is -0.184. The molecule has 0 radical (unpaired) electrons. The Kier molecular flexibility index (Phi) is 3.43. The van der Waals surface area contributed by atoms with Crippen LogP contribution in [0.2, 0.25) is 0 Å². The molecule has 1 aliphatic heterocycles. The number of halogens is 4. The Labute approximate surface area is 129 Å². The molecule has 0 bridgehead atoms. The molecule has 1 amide bonds. The van der Waals surface area contributed by atoms with Crippen molar-refractivity contribution in [1.29, 1.82) is 0 Å². The van der Waals surface area contributed by atoms with E-state index in [0.29, 0.717) is 5.56 Å². The smallest absolute Gasteiger partial charge is 0.334 e. The first-order valence-corrected chi connectivity index (χ1v) is 7.14. The molecular weight excluding hydrogens is 321 g/mol. The molecule has 1 heterocycles. The van der Waals surface area contributed by atoms with E-state index in [1.165, 1.54) is 0 Å². The van der Waals surface area contributed by atoms with Crippen LogP contribution in [0.15, 0.2) is 29.4 Å². The zero-order chi connectivity index (χ0) is 16.1. The normalized spacial score (nSPS) is 28.2. The molecule has 2 aliphatic rings. The fraction of sp³-hybridized carbons (Fsp3) is 0.500. The van der Waals surface area contributed by atoms with Crippen molar-refractivity contribution >= 4 is 17.5 Å². The van der Waals surface area contributed by atoms with Crippen molar-refractivity contribution in [2.75, 3.05) is 13.1 Å². The molecule has 4 nitrogen and oxygen atoms in total. The van der Waals surface area contributed by atoms with Crippen LogP contribution in [0.3, 0.4) is 0 Å². The topological polar surface area (TPSA) is 49.7 Å². The van der Waals surface area contributed by atoms with Gasteiger partial charge in [0, 0.05) is 18.5 Å². The second-order valence-electron chi connectivity index (χ2n) is 5.80. The number of alkyl halides is 4. The molecule has 0 N–H and O–H groups in total. The molecule has 0 spiro atoms.